The molecule has 2 atom stereocenters. The molecule has 26 heavy (non-hydrogen) atoms. The Hall–Kier alpha value is -2.12. The van der Waals surface area contributed by atoms with Crippen molar-refractivity contribution >= 4 is 11.5 Å². The molecule has 1 saturated carbocycles. The molecule has 1 unspecified atom stereocenters. The molecule has 1 fully saturated rings. The lowest BCUT2D eigenvalue weighted by atomic mass is 9.81. The highest BCUT2D eigenvalue weighted by Gasteiger charge is 2.42. The molecular formula is C22H30N3O+. The Morgan fingerprint density at radius 3 is 2.50 bits per heavy atom. The van der Waals surface area contributed by atoms with Crippen LogP contribution in [0.5, 0.6) is 0 Å². The average molecular weight is 353 g/mol. The Labute approximate surface area is 157 Å². The zero-order valence-corrected chi connectivity index (χ0v) is 16.0. The SMILES string of the molecule is C[C@@H](C(=O)N(C)C1(C#N)CCCCC1)[NH+]1CC=C(c2ccccc2)CC1. The molecule has 4 heteroatoms. The second-order valence-corrected chi connectivity index (χ2v) is 7.78. The average Bonchev–Trinajstić information content (AvgIpc) is 2.73. The maximum Gasteiger partial charge on any atom is 0.281 e. The number of nitrogens with one attached hydrogen (secondary N) is 1. The topological polar surface area (TPSA) is 48.5 Å². The minimum absolute atomic E-state index is 0.110. The second-order valence-electron chi connectivity index (χ2n) is 7.78. The van der Waals surface area contributed by atoms with E-state index in [0.29, 0.717) is 0 Å². The summed E-state index contributed by atoms with van der Waals surface area (Å²) in [6, 6.07) is 12.8. The van der Waals surface area contributed by atoms with Crippen molar-refractivity contribution in [2.45, 2.75) is 57.0 Å². The van der Waals surface area contributed by atoms with Crippen molar-refractivity contribution in [2.24, 2.45) is 0 Å². The van der Waals surface area contributed by atoms with Crippen LogP contribution in [0, 0.1) is 11.3 Å². The number of nitriles is 1. The van der Waals surface area contributed by atoms with Crippen molar-refractivity contribution in [1.29, 1.82) is 5.26 Å². The molecule has 4 nitrogen and oxygen atoms in total. The molecule has 0 bridgehead atoms. The first-order valence-electron chi connectivity index (χ1n) is 9.85. The third kappa shape index (κ3) is 3.68. The highest BCUT2D eigenvalue weighted by molar-refractivity contribution is 5.81. The van der Waals surface area contributed by atoms with Crippen molar-refractivity contribution in [3.63, 3.8) is 0 Å². The molecule has 3 rings (SSSR count). The quantitative estimate of drug-likeness (QED) is 0.905. The molecule has 1 amide bonds. The van der Waals surface area contributed by atoms with Crippen molar-refractivity contribution in [1.82, 2.24) is 4.90 Å². The van der Waals surface area contributed by atoms with Crippen LogP contribution in [0.2, 0.25) is 0 Å². The predicted octanol–water partition coefficient (Wildman–Crippen LogP) is 2.43. The van der Waals surface area contributed by atoms with Gasteiger partial charge in [0, 0.05) is 13.5 Å². The number of hydrogen-bond donors (Lipinski definition) is 1. The number of likely N-dealkylation sites (N-methyl/N-ethyl adjacent to an activating group) is 1. The molecule has 0 aromatic heterocycles. The summed E-state index contributed by atoms with van der Waals surface area (Å²) in [6.45, 7) is 3.84. The summed E-state index contributed by atoms with van der Waals surface area (Å²) in [5.74, 6) is 0.111. The highest BCUT2D eigenvalue weighted by Crippen LogP contribution is 2.32. The molecular weight excluding hydrogens is 322 g/mol. The number of rotatable bonds is 4. The lowest BCUT2D eigenvalue weighted by molar-refractivity contribution is -0.909. The summed E-state index contributed by atoms with van der Waals surface area (Å²) < 4.78 is 0. The van der Waals surface area contributed by atoms with Gasteiger partial charge in [0.2, 0.25) is 0 Å². The highest BCUT2D eigenvalue weighted by atomic mass is 16.2. The Morgan fingerprint density at radius 1 is 1.23 bits per heavy atom. The predicted molar refractivity (Wildman–Crippen MR) is 103 cm³/mol. The molecule has 1 aromatic carbocycles. The Morgan fingerprint density at radius 2 is 1.92 bits per heavy atom. The van der Waals surface area contributed by atoms with E-state index in [1.54, 1.807) is 4.90 Å². The summed E-state index contributed by atoms with van der Waals surface area (Å²) in [6.07, 6.45) is 8.14. The fourth-order valence-corrected chi connectivity index (χ4v) is 4.40. The van der Waals surface area contributed by atoms with Crippen molar-refractivity contribution in [2.75, 3.05) is 20.1 Å². The third-order valence-corrected chi connectivity index (χ3v) is 6.31. The van der Waals surface area contributed by atoms with Crippen LogP contribution >= 0.6 is 0 Å². The Bertz CT molecular complexity index is 698. The fourth-order valence-electron chi connectivity index (χ4n) is 4.40. The second kappa shape index (κ2) is 8.05. The number of quaternary nitrogens is 1. The lowest BCUT2D eigenvalue weighted by Gasteiger charge is -2.41. The van der Waals surface area contributed by atoms with Gasteiger partial charge in [-0.25, -0.2) is 0 Å². The number of carbonyl (C=O) groups excluding carboxylic acids is 1. The lowest BCUT2D eigenvalue weighted by Crippen LogP contribution is -3.17. The Kier molecular flexibility index (Phi) is 5.78. The van der Waals surface area contributed by atoms with Gasteiger partial charge in [0.25, 0.3) is 5.91 Å². The van der Waals surface area contributed by atoms with Gasteiger partial charge in [-0.1, -0.05) is 49.6 Å². The normalized spacial score (nSPS) is 23.4. The third-order valence-electron chi connectivity index (χ3n) is 6.31. The van der Waals surface area contributed by atoms with Crippen LogP contribution in [0.1, 0.15) is 51.0 Å². The molecule has 1 aliphatic heterocycles. The van der Waals surface area contributed by atoms with Crippen LogP contribution in [-0.4, -0.2) is 42.5 Å². The number of carbonyl (C=O) groups is 1. The van der Waals surface area contributed by atoms with Gasteiger partial charge < -0.3 is 9.80 Å². The van der Waals surface area contributed by atoms with E-state index in [-0.39, 0.29) is 11.9 Å². The number of hydrogen-bond acceptors (Lipinski definition) is 2. The summed E-state index contributed by atoms with van der Waals surface area (Å²) in [5.41, 5.74) is 2.07. The van der Waals surface area contributed by atoms with Crippen LogP contribution in [0.4, 0.5) is 0 Å². The van der Waals surface area contributed by atoms with Gasteiger partial charge >= 0.3 is 0 Å². The van der Waals surface area contributed by atoms with Crippen LogP contribution < -0.4 is 4.90 Å². The van der Waals surface area contributed by atoms with Crippen molar-refractivity contribution < 1.29 is 9.69 Å². The maximum atomic E-state index is 13.1. The van der Waals surface area contributed by atoms with Gasteiger partial charge in [0.1, 0.15) is 5.54 Å². The number of amides is 1. The molecule has 1 heterocycles. The molecule has 0 saturated heterocycles. The van der Waals surface area contributed by atoms with Crippen molar-refractivity contribution in [3.05, 3.63) is 42.0 Å². The first-order valence-corrected chi connectivity index (χ1v) is 9.85. The van der Waals surface area contributed by atoms with E-state index in [1.807, 2.05) is 20.0 Å². The first kappa shape index (κ1) is 18.7. The molecule has 1 N–H and O–H groups in total. The largest absolute Gasteiger partial charge is 0.322 e. The summed E-state index contributed by atoms with van der Waals surface area (Å²) in [4.78, 5) is 16.2. The van der Waals surface area contributed by atoms with Crippen molar-refractivity contribution in [3.8, 4) is 6.07 Å². The smallest absolute Gasteiger partial charge is 0.281 e. The van der Waals surface area contributed by atoms with Gasteiger partial charge in [-0.3, -0.25) is 4.79 Å². The van der Waals surface area contributed by atoms with Gasteiger partial charge in [0.05, 0.1) is 19.2 Å². The van der Waals surface area contributed by atoms with Crippen LogP contribution in [-0.2, 0) is 4.79 Å². The summed E-state index contributed by atoms with van der Waals surface area (Å²) in [7, 11) is 1.84. The maximum absolute atomic E-state index is 13.1. The van der Waals surface area contributed by atoms with E-state index in [9.17, 15) is 10.1 Å². The molecule has 0 radical (unpaired) electrons. The molecule has 138 valence electrons. The van der Waals surface area contributed by atoms with E-state index < -0.39 is 5.54 Å². The monoisotopic (exact) mass is 352 g/mol. The fraction of sp³-hybridized carbons (Fsp3) is 0.545. The van der Waals surface area contributed by atoms with Crippen LogP contribution in [0.25, 0.3) is 5.57 Å². The summed E-state index contributed by atoms with van der Waals surface area (Å²) >= 11 is 0. The molecule has 2 aliphatic rings. The van der Waals surface area contributed by atoms with E-state index in [2.05, 4.69) is 36.4 Å². The van der Waals surface area contributed by atoms with E-state index in [0.717, 1.165) is 45.2 Å². The molecule has 1 aromatic rings. The van der Waals surface area contributed by atoms with E-state index in [4.69, 9.17) is 0 Å². The molecule has 1 aliphatic carbocycles. The number of benzene rings is 1. The first-order chi connectivity index (χ1) is 12.6. The minimum Gasteiger partial charge on any atom is -0.322 e. The van der Waals surface area contributed by atoms with Gasteiger partial charge in [-0.2, -0.15) is 5.26 Å². The zero-order chi connectivity index (χ0) is 18.6. The van der Waals surface area contributed by atoms with E-state index in [1.165, 1.54) is 22.5 Å². The summed E-state index contributed by atoms with van der Waals surface area (Å²) in [5, 5.41) is 9.75. The van der Waals surface area contributed by atoms with Gasteiger partial charge in [-0.05, 0) is 37.0 Å². The standard InChI is InChI=1S/C22H29N3O/c1-18(21(26)24(2)22(17-23)13-7-4-8-14-22)25-15-11-20(12-16-25)19-9-5-3-6-10-19/h3,5-6,9-11,18H,4,7-8,12-16H2,1-2H3/p+1/t18-/m0/s1. The van der Waals surface area contributed by atoms with Gasteiger partial charge in [0.15, 0.2) is 6.04 Å². The number of nitrogens with zero attached hydrogens (tertiary/aromatic N) is 2. The molecule has 0 spiro atoms. The van der Waals surface area contributed by atoms with Crippen LogP contribution in [0.3, 0.4) is 0 Å². The Balaban J connectivity index is 1.66. The van der Waals surface area contributed by atoms with Gasteiger partial charge in [-0.15, -0.1) is 0 Å². The zero-order valence-electron chi connectivity index (χ0n) is 16.0. The minimum atomic E-state index is -0.593. The van der Waals surface area contributed by atoms with E-state index >= 15 is 0 Å². The van der Waals surface area contributed by atoms with Crippen LogP contribution in [0.15, 0.2) is 36.4 Å².